The second-order valence-corrected chi connectivity index (χ2v) is 7.94. The number of aryl methyl sites for hydroxylation is 2. The molecule has 1 aromatic heterocycles. The van der Waals surface area contributed by atoms with Crippen LogP contribution in [0, 0.1) is 6.92 Å². The third kappa shape index (κ3) is 4.66. The SMILES string of the molecule is Cc1cc(C(=O)N2CCCC2)ccc1NC(=O)CCCn1cnc2ccccc2c1=O. The maximum Gasteiger partial charge on any atom is 0.261 e. The number of hydrogen-bond acceptors (Lipinski definition) is 4. The van der Waals surface area contributed by atoms with Crippen molar-refractivity contribution in [3.63, 3.8) is 0 Å². The van der Waals surface area contributed by atoms with E-state index in [0.29, 0.717) is 35.1 Å². The fourth-order valence-electron chi connectivity index (χ4n) is 3.93. The van der Waals surface area contributed by atoms with E-state index >= 15 is 0 Å². The number of hydrogen-bond donors (Lipinski definition) is 1. The van der Waals surface area contributed by atoms with Gasteiger partial charge in [-0.15, -0.1) is 0 Å². The quantitative estimate of drug-likeness (QED) is 0.665. The number of benzene rings is 2. The normalized spacial score (nSPS) is 13.5. The number of aromatic nitrogens is 2. The van der Waals surface area contributed by atoms with E-state index in [1.54, 1.807) is 28.8 Å². The smallest absolute Gasteiger partial charge is 0.261 e. The van der Waals surface area contributed by atoms with E-state index in [-0.39, 0.29) is 23.8 Å². The van der Waals surface area contributed by atoms with E-state index in [4.69, 9.17) is 0 Å². The van der Waals surface area contributed by atoms with E-state index in [0.717, 1.165) is 31.5 Å². The molecule has 4 rings (SSSR count). The highest BCUT2D eigenvalue weighted by Gasteiger charge is 2.20. The number of carbonyl (C=O) groups excluding carboxylic acids is 2. The Morgan fingerprint density at radius 1 is 1.10 bits per heavy atom. The average Bonchev–Trinajstić information content (AvgIpc) is 3.31. The molecule has 1 aliphatic heterocycles. The third-order valence-electron chi connectivity index (χ3n) is 5.68. The Morgan fingerprint density at radius 3 is 2.65 bits per heavy atom. The number of likely N-dealkylation sites (tertiary alicyclic amines) is 1. The fraction of sp³-hybridized carbons (Fsp3) is 0.333. The van der Waals surface area contributed by atoms with Gasteiger partial charge < -0.3 is 10.2 Å². The maximum absolute atomic E-state index is 12.5. The molecule has 0 radical (unpaired) electrons. The van der Waals surface area contributed by atoms with Crippen LogP contribution in [0.2, 0.25) is 0 Å². The van der Waals surface area contributed by atoms with Crippen molar-refractivity contribution >= 4 is 28.4 Å². The first-order chi connectivity index (χ1) is 15.0. The molecule has 0 unspecified atom stereocenters. The second kappa shape index (κ2) is 9.12. The molecule has 2 aromatic carbocycles. The van der Waals surface area contributed by atoms with Crippen molar-refractivity contribution in [2.24, 2.45) is 0 Å². The van der Waals surface area contributed by atoms with Gasteiger partial charge in [0.2, 0.25) is 5.91 Å². The summed E-state index contributed by atoms with van der Waals surface area (Å²) in [7, 11) is 0. The lowest BCUT2D eigenvalue weighted by atomic mass is 10.1. The Labute approximate surface area is 180 Å². The molecule has 1 aliphatic rings. The van der Waals surface area contributed by atoms with Crippen molar-refractivity contribution in [2.45, 2.75) is 39.2 Å². The van der Waals surface area contributed by atoms with Crippen LogP contribution in [0.3, 0.4) is 0 Å². The molecular weight excluding hydrogens is 392 g/mol. The molecule has 0 spiro atoms. The van der Waals surface area contributed by atoms with Crippen LogP contribution in [0.15, 0.2) is 53.6 Å². The third-order valence-corrected chi connectivity index (χ3v) is 5.68. The first-order valence-electron chi connectivity index (χ1n) is 10.7. The van der Waals surface area contributed by atoms with Crippen LogP contribution in [0.1, 0.15) is 41.6 Å². The minimum atomic E-state index is -0.122. The van der Waals surface area contributed by atoms with E-state index in [1.807, 2.05) is 30.0 Å². The molecule has 2 amide bonds. The highest BCUT2D eigenvalue weighted by atomic mass is 16.2. The molecule has 2 heterocycles. The number of carbonyl (C=O) groups is 2. The van der Waals surface area contributed by atoms with Crippen LogP contribution < -0.4 is 10.9 Å². The predicted octanol–water partition coefficient (Wildman–Crippen LogP) is 3.36. The number of nitrogens with one attached hydrogen (secondary N) is 1. The van der Waals surface area contributed by atoms with E-state index in [2.05, 4.69) is 10.3 Å². The molecule has 0 saturated carbocycles. The molecule has 0 atom stereocenters. The van der Waals surface area contributed by atoms with Gasteiger partial charge in [0.25, 0.3) is 11.5 Å². The summed E-state index contributed by atoms with van der Waals surface area (Å²) < 4.78 is 1.54. The van der Waals surface area contributed by atoms with Crippen molar-refractivity contribution in [2.75, 3.05) is 18.4 Å². The number of para-hydroxylation sites is 1. The summed E-state index contributed by atoms with van der Waals surface area (Å²) in [6, 6.07) is 12.6. The van der Waals surface area contributed by atoms with Crippen molar-refractivity contribution < 1.29 is 9.59 Å². The molecule has 1 N–H and O–H groups in total. The molecule has 0 aliphatic carbocycles. The topological polar surface area (TPSA) is 84.3 Å². The summed E-state index contributed by atoms with van der Waals surface area (Å²) >= 11 is 0. The zero-order valence-corrected chi connectivity index (χ0v) is 17.6. The summed E-state index contributed by atoms with van der Waals surface area (Å²) in [5, 5.41) is 3.49. The van der Waals surface area contributed by atoms with Gasteiger partial charge in [-0.3, -0.25) is 19.0 Å². The molecular formula is C24H26N4O3. The fourth-order valence-corrected chi connectivity index (χ4v) is 3.93. The summed E-state index contributed by atoms with van der Waals surface area (Å²) in [6.07, 6.45) is 4.45. The van der Waals surface area contributed by atoms with Crippen LogP contribution >= 0.6 is 0 Å². The Hall–Kier alpha value is -3.48. The van der Waals surface area contributed by atoms with Crippen LogP contribution in [0.4, 0.5) is 5.69 Å². The van der Waals surface area contributed by atoms with E-state index < -0.39 is 0 Å². The number of amides is 2. The van der Waals surface area contributed by atoms with Gasteiger partial charge in [0.15, 0.2) is 0 Å². The van der Waals surface area contributed by atoms with Gasteiger partial charge in [0, 0.05) is 37.3 Å². The largest absolute Gasteiger partial charge is 0.339 e. The van der Waals surface area contributed by atoms with E-state index in [1.165, 1.54) is 6.33 Å². The molecule has 3 aromatic rings. The lowest BCUT2D eigenvalue weighted by molar-refractivity contribution is -0.116. The highest BCUT2D eigenvalue weighted by molar-refractivity contribution is 5.96. The molecule has 1 saturated heterocycles. The monoisotopic (exact) mass is 418 g/mol. The van der Waals surface area contributed by atoms with Crippen LogP contribution in [0.25, 0.3) is 10.9 Å². The van der Waals surface area contributed by atoms with Gasteiger partial charge in [-0.25, -0.2) is 4.98 Å². The van der Waals surface area contributed by atoms with Crippen LogP contribution in [-0.2, 0) is 11.3 Å². The minimum absolute atomic E-state index is 0.0490. The van der Waals surface area contributed by atoms with Crippen molar-refractivity contribution in [1.82, 2.24) is 14.5 Å². The first-order valence-corrected chi connectivity index (χ1v) is 10.7. The Bertz CT molecular complexity index is 1180. The lowest BCUT2D eigenvalue weighted by Crippen LogP contribution is -2.27. The zero-order valence-electron chi connectivity index (χ0n) is 17.6. The van der Waals surface area contributed by atoms with Gasteiger partial charge in [0.05, 0.1) is 17.2 Å². The molecule has 7 heteroatoms. The maximum atomic E-state index is 12.5. The zero-order chi connectivity index (χ0) is 21.8. The number of rotatable bonds is 6. The van der Waals surface area contributed by atoms with Gasteiger partial charge in [-0.2, -0.15) is 0 Å². The van der Waals surface area contributed by atoms with Gasteiger partial charge in [-0.05, 0) is 62.1 Å². The second-order valence-electron chi connectivity index (χ2n) is 7.94. The average molecular weight is 418 g/mol. The Morgan fingerprint density at radius 2 is 1.87 bits per heavy atom. The number of nitrogens with zero attached hydrogens (tertiary/aromatic N) is 3. The van der Waals surface area contributed by atoms with Gasteiger partial charge in [-0.1, -0.05) is 12.1 Å². The lowest BCUT2D eigenvalue weighted by Gasteiger charge is -2.16. The predicted molar refractivity (Wildman–Crippen MR) is 120 cm³/mol. The van der Waals surface area contributed by atoms with Gasteiger partial charge >= 0.3 is 0 Å². The van der Waals surface area contributed by atoms with E-state index in [9.17, 15) is 14.4 Å². The molecule has 160 valence electrons. The van der Waals surface area contributed by atoms with Crippen molar-refractivity contribution in [1.29, 1.82) is 0 Å². The summed E-state index contributed by atoms with van der Waals surface area (Å²) in [6.45, 7) is 3.93. The molecule has 31 heavy (non-hydrogen) atoms. The summed E-state index contributed by atoms with van der Waals surface area (Å²) in [5.41, 5.74) is 2.78. The Kier molecular flexibility index (Phi) is 6.11. The van der Waals surface area contributed by atoms with Crippen LogP contribution in [-0.4, -0.2) is 39.4 Å². The molecule has 7 nitrogen and oxygen atoms in total. The summed E-state index contributed by atoms with van der Waals surface area (Å²) in [4.78, 5) is 43.6. The van der Waals surface area contributed by atoms with Crippen LogP contribution in [0.5, 0.6) is 0 Å². The van der Waals surface area contributed by atoms with Crippen molar-refractivity contribution in [3.8, 4) is 0 Å². The standard InChI is InChI=1S/C24H26N4O3/c1-17-15-18(23(30)27-12-4-5-13-27)10-11-20(17)26-22(29)9-6-14-28-16-25-21-8-3-2-7-19(21)24(28)31/h2-3,7-8,10-11,15-16H,4-6,9,12-14H2,1H3,(H,26,29). The molecule has 0 bridgehead atoms. The first kappa shape index (κ1) is 20.8. The van der Waals surface area contributed by atoms with Crippen molar-refractivity contribution in [3.05, 3.63) is 70.3 Å². The highest BCUT2D eigenvalue weighted by Crippen LogP contribution is 2.20. The Balaban J connectivity index is 1.33. The van der Waals surface area contributed by atoms with Gasteiger partial charge in [0.1, 0.15) is 0 Å². The minimum Gasteiger partial charge on any atom is -0.339 e. The molecule has 1 fully saturated rings. The summed E-state index contributed by atoms with van der Waals surface area (Å²) in [5.74, 6) is -0.0728. The number of fused-ring (bicyclic) bond motifs is 1. The number of anilines is 1.